The molecule has 0 spiro atoms. The summed E-state index contributed by atoms with van der Waals surface area (Å²) in [5, 5.41) is 2.32. The summed E-state index contributed by atoms with van der Waals surface area (Å²) in [6.07, 6.45) is 13.3. The van der Waals surface area contributed by atoms with Gasteiger partial charge in [-0.3, -0.25) is 0 Å². The van der Waals surface area contributed by atoms with E-state index < -0.39 is 0 Å². The Morgan fingerprint density at radius 1 is 0.757 bits per heavy atom. The van der Waals surface area contributed by atoms with Crippen molar-refractivity contribution < 1.29 is 0 Å². The van der Waals surface area contributed by atoms with Crippen LogP contribution < -0.4 is 0 Å². The van der Waals surface area contributed by atoms with Crippen LogP contribution in [0.4, 0.5) is 0 Å². The van der Waals surface area contributed by atoms with Crippen LogP contribution in [0.5, 0.6) is 0 Å². The minimum Gasteiger partial charge on any atom is -0.143 e. The molecule has 2 atom stereocenters. The molecule has 0 aliphatic heterocycles. The zero-order chi connectivity index (χ0) is 26.8. The van der Waals surface area contributed by atoms with Crippen molar-refractivity contribution in [3.05, 3.63) is 45.1 Å². The van der Waals surface area contributed by atoms with Crippen LogP contribution in [0, 0.1) is 18.8 Å². The molecule has 0 saturated heterocycles. The second-order valence-electron chi connectivity index (χ2n) is 12.8. The van der Waals surface area contributed by atoms with Gasteiger partial charge in [0.25, 0.3) is 0 Å². The third kappa shape index (κ3) is 5.99. The van der Waals surface area contributed by atoms with Gasteiger partial charge in [0.1, 0.15) is 0 Å². The van der Waals surface area contributed by atoms with E-state index in [4.69, 9.17) is 0 Å². The maximum Gasteiger partial charge on any atom is 0.0493 e. The number of hydrogen-bond acceptors (Lipinski definition) is 3. The Kier molecular flexibility index (Phi) is 9.51. The molecule has 3 heteroatoms. The molecule has 0 N–H and O–H groups in total. The Morgan fingerprint density at radius 3 is 1.81 bits per heavy atom. The van der Waals surface area contributed by atoms with Gasteiger partial charge in [-0.25, -0.2) is 0 Å². The first-order chi connectivity index (χ1) is 17.7. The summed E-state index contributed by atoms with van der Waals surface area (Å²) in [6, 6.07) is 7.71. The molecule has 0 amide bonds. The SMILES string of the molecule is CCCCC(CC)CC1(CC(CC)CCCC)c2cc(-c3cc(C)cs3)sc2-c2sc(C(C)(C)C)cc21. The van der Waals surface area contributed by atoms with Gasteiger partial charge in [-0.1, -0.05) is 99.8 Å². The molecule has 1 aliphatic carbocycles. The highest BCUT2D eigenvalue weighted by Gasteiger charge is 2.48. The van der Waals surface area contributed by atoms with Gasteiger partial charge in [-0.15, -0.1) is 34.0 Å². The van der Waals surface area contributed by atoms with E-state index in [-0.39, 0.29) is 10.8 Å². The molecule has 0 saturated carbocycles. The fourth-order valence-electron chi connectivity index (χ4n) is 6.42. The van der Waals surface area contributed by atoms with Crippen LogP contribution in [0.15, 0.2) is 23.6 Å². The first kappa shape index (κ1) is 29.1. The fraction of sp³-hybridized carbons (Fsp3) is 0.647. The second-order valence-corrected chi connectivity index (χ2v) is 15.8. The Balaban J connectivity index is 1.90. The maximum atomic E-state index is 2.67. The van der Waals surface area contributed by atoms with Crippen molar-refractivity contribution in [1.29, 1.82) is 0 Å². The molecule has 3 aromatic heterocycles. The Bertz CT molecular complexity index is 1130. The molecule has 0 radical (unpaired) electrons. The van der Waals surface area contributed by atoms with E-state index in [1.54, 1.807) is 25.8 Å². The summed E-state index contributed by atoms with van der Waals surface area (Å²) >= 11 is 6.11. The highest BCUT2D eigenvalue weighted by Crippen LogP contribution is 2.62. The monoisotopic (exact) mass is 554 g/mol. The number of rotatable bonds is 13. The van der Waals surface area contributed by atoms with Crippen LogP contribution in [0.3, 0.4) is 0 Å². The lowest BCUT2D eigenvalue weighted by Crippen LogP contribution is -2.31. The highest BCUT2D eigenvalue weighted by molar-refractivity contribution is 7.26. The van der Waals surface area contributed by atoms with E-state index in [0.717, 1.165) is 11.8 Å². The molecular formula is C34H50S3. The quantitative estimate of drug-likeness (QED) is 0.197. The van der Waals surface area contributed by atoms with Crippen LogP contribution in [-0.2, 0) is 10.8 Å². The summed E-state index contributed by atoms with van der Waals surface area (Å²) in [6.45, 7) is 19.0. The number of unbranched alkanes of at least 4 members (excludes halogenated alkanes) is 2. The van der Waals surface area contributed by atoms with Gasteiger partial charge >= 0.3 is 0 Å². The maximum absolute atomic E-state index is 2.67. The summed E-state index contributed by atoms with van der Waals surface area (Å²) in [5.74, 6) is 1.60. The highest BCUT2D eigenvalue weighted by atomic mass is 32.1. The standard InChI is InChI=1S/C34H50S3/c1-9-13-15-24(11-3)20-34(21-25(12-4)16-14-10-2)26-18-29(28-17-23(5)22-35-28)36-31(26)32-27(34)19-30(37-32)33(6,7)8/h17-19,22,24-25H,9-16,20-21H2,1-8H3. The normalized spacial score (nSPS) is 18.7. The molecule has 0 aromatic carbocycles. The van der Waals surface area contributed by atoms with Crippen molar-refractivity contribution in [3.8, 4) is 19.5 Å². The van der Waals surface area contributed by atoms with E-state index in [1.807, 2.05) is 11.3 Å². The first-order valence-corrected chi connectivity index (χ1v) is 17.5. The van der Waals surface area contributed by atoms with Gasteiger partial charge < -0.3 is 0 Å². The number of hydrogen-bond donors (Lipinski definition) is 0. The predicted octanol–water partition coefficient (Wildman–Crippen LogP) is 12.6. The van der Waals surface area contributed by atoms with Crippen LogP contribution in [0.1, 0.15) is 134 Å². The van der Waals surface area contributed by atoms with Crippen LogP contribution in [0.2, 0.25) is 0 Å². The lowest BCUT2D eigenvalue weighted by molar-refractivity contribution is 0.266. The van der Waals surface area contributed by atoms with Gasteiger partial charge in [-0.05, 0) is 77.3 Å². The van der Waals surface area contributed by atoms with Gasteiger partial charge in [0.2, 0.25) is 0 Å². The van der Waals surface area contributed by atoms with E-state index >= 15 is 0 Å². The van der Waals surface area contributed by atoms with Crippen molar-refractivity contribution in [3.63, 3.8) is 0 Å². The van der Waals surface area contributed by atoms with Crippen molar-refractivity contribution in [2.45, 2.75) is 130 Å². The van der Waals surface area contributed by atoms with E-state index in [0.29, 0.717) is 0 Å². The average Bonchev–Trinajstić information content (AvgIpc) is 3.63. The Morgan fingerprint density at radius 2 is 1.32 bits per heavy atom. The van der Waals surface area contributed by atoms with Gasteiger partial charge in [-0.2, -0.15) is 0 Å². The molecule has 3 heterocycles. The molecule has 0 bridgehead atoms. The first-order valence-electron chi connectivity index (χ1n) is 15.0. The lowest BCUT2D eigenvalue weighted by Gasteiger charge is -2.38. The van der Waals surface area contributed by atoms with Crippen LogP contribution in [0.25, 0.3) is 19.5 Å². The summed E-state index contributed by atoms with van der Waals surface area (Å²) in [7, 11) is 0. The number of thiophene rings is 3. The molecule has 0 nitrogen and oxygen atoms in total. The van der Waals surface area contributed by atoms with Crippen LogP contribution in [-0.4, -0.2) is 0 Å². The Hall–Kier alpha value is -0.900. The van der Waals surface area contributed by atoms with E-state index in [2.05, 4.69) is 102 Å². The smallest absolute Gasteiger partial charge is 0.0493 e. The Labute approximate surface area is 239 Å². The van der Waals surface area contributed by atoms with E-state index in [9.17, 15) is 0 Å². The molecule has 4 rings (SSSR count). The van der Waals surface area contributed by atoms with Gasteiger partial charge in [0.05, 0.1) is 0 Å². The van der Waals surface area contributed by atoms with Crippen molar-refractivity contribution in [2.75, 3.05) is 0 Å². The van der Waals surface area contributed by atoms with E-state index in [1.165, 1.54) is 79.5 Å². The van der Waals surface area contributed by atoms with Crippen molar-refractivity contribution in [2.24, 2.45) is 11.8 Å². The molecule has 37 heavy (non-hydrogen) atoms. The van der Waals surface area contributed by atoms with Gasteiger partial charge in [0, 0.05) is 29.8 Å². The van der Waals surface area contributed by atoms with Gasteiger partial charge in [0.15, 0.2) is 0 Å². The molecular weight excluding hydrogens is 505 g/mol. The molecule has 204 valence electrons. The minimum atomic E-state index is 0.175. The topological polar surface area (TPSA) is 0 Å². The van der Waals surface area contributed by atoms with Crippen molar-refractivity contribution in [1.82, 2.24) is 0 Å². The zero-order valence-corrected chi connectivity index (χ0v) is 27.2. The summed E-state index contributed by atoms with van der Waals surface area (Å²) < 4.78 is 0. The van der Waals surface area contributed by atoms with Crippen LogP contribution >= 0.6 is 34.0 Å². The molecule has 0 fully saturated rings. The minimum absolute atomic E-state index is 0.175. The average molecular weight is 555 g/mol. The zero-order valence-electron chi connectivity index (χ0n) is 24.8. The fourth-order valence-corrected chi connectivity index (χ4v) is 10.1. The predicted molar refractivity (Wildman–Crippen MR) is 171 cm³/mol. The largest absolute Gasteiger partial charge is 0.143 e. The number of aryl methyl sites for hydroxylation is 1. The second kappa shape index (κ2) is 12.1. The number of fused-ring (bicyclic) bond motifs is 3. The molecule has 1 aliphatic rings. The van der Waals surface area contributed by atoms with Crippen molar-refractivity contribution >= 4 is 34.0 Å². The summed E-state index contributed by atoms with van der Waals surface area (Å²) in [5.41, 5.74) is 5.15. The third-order valence-corrected chi connectivity index (χ3v) is 12.9. The molecule has 2 unspecified atom stereocenters. The third-order valence-electron chi connectivity index (χ3n) is 8.77. The summed E-state index contributed by atoms with van der Waals surface area (Å²) in [4.78, 5) is 7.73. The lowest BCUT2D eigenvalue weighted by atomic mass is 9.65. The molecule has 3 aromatic rings.